The summed E-state index contributed by atoms with van der Waals surface area (Å²) in [7, 11) is 0. The van der Waals surface area contributed by atoms with Gasteiger partial charge >= 0.3 is 0 Å². The summed E-state index contributed by atoms with van der Waals surface area (Å²) >= 11 is 3.94. The van der Waals surface area contributed by atoms with Crippen LogP contribution in [0.4, 0.5) is 0 Å². The molecule has 4 heterocycles. The molecule has 0 aromatic rings. The lowest BCUT2D eigenvalue weighted by atomic mass is 10.3. The third-order valence-electron chi connectivity index (χ3n) is 1.98. The predicted octanol–water partition coefficient (Wildman–Crippen LogP) is 1.61. The van der Waals surface area contributed by atoms with Crippen LogP contribution in [0, 0.1) is 0 Å². The molecule has 0 amide bonds. The molecule has 0 saturated carbocycles. The van der Waals surface area contributed by atoms with Crippen LogP contribution < -0.4 is 0 Å². The van der Waals surface area contributed by atoms with Crippen molar-refractivity contribution in [2.24, 2.45) is 0 Å². The summed E-state index contributed by atoms with van der Waals surface area (Å²) in [6.45, 7) is 0. The van der Waals surface area contributed by atoms with E-state index in [9.17, 15) is 0 Å². The Bertz CT molecular complexity index is 105. The molecular formula is C6H8O2S2. The van der Waals surface area contributed by atoms with E-state index in [1.807, 2.05) is 23.5 Å². The van der Waals surface area contributed by atoms with Gasteiger partial charge in [0.2, 0.25) is 0 Å². The van der Waals surface area contributed by atoms with Crippen molar-refractivity contribution in [1.82, 2.24) is 0 Å². The highest BCUT2D eigenvalue weighted by atomic mass is 32.2. The third kappa shape index (κ3) is 0.826. The van der Waals surface area contributed by atoms with Crippen molar-refractivity contribution in [3.63, 3.8) is 0 Å². The van der Waals surface area contributed by atoms with Gasteiger partial charge in [-0.3, -0.25) is 0 Å². The van der Waals surface area contributed by atoms with Crippen LogP contribution in [0.2, 0.25) is 0 Å². The molecule has 4 fully saturated rings. The zero-order valence-electron chi connectivity index (χ0n) is 5.36. The Labute approximate surface area is 68.0 Å². The van der Waals surface area contributed by atoms with Crippen LogP contribution in [0.15, 0.2) is 0 Å². The second kappa shape index (κ2) is 2.06. The number of hydrogen-bond acceptors (Lipinski definition) is 4. The highest BCUT2D eigenvalue weighted by Gasteiger charge is 2.45. The first kappa shape index (κ1) is 6.17. The van der Waals surface area contributed by atoms with Gasteiger partial charge in [-0.25, -0.2) is 0 Å². The maximum atomic E-state index is 5.55. The largest absolute Gasteiger partial charge is 0.339 e. The topological polar surface area (TPSA) is 18.5 Å². The van der Waals surface area contributed by atoms with Gasteiger partial charge in [-0.15, -0.1) is 23.5 Å². The molecule has 2 nitrogen and oxygen atoms in total. The second-order valence-electron chi connectivity index (χ2n) is 2.73. The number of ether oxygens (including phenoxy) is 2. The van der Waals surface area contributed by atoms with Gasteiger partial charge < -0.3 is 9.47 Å². The standard InChI is InChI=1S/C6H8O2S2/c1-3-7-4-2-5(8-3)10-6(1)9-4/h3-6H,1-2H2. The average Bonchev–Trinajstić information content (AvgIpc) is 1.82. The quantitative estimate of drug-likeness (QED) is 0.558. The van der Waals surface area contributed by atoms with E-state index in [0.717, 1.165) is 17.4 Å². The van der Waals surface area contributed by atoms with Gasteiger partial charge in [0.1, 0.15) is 10.9 Å². The van der Waals surface area contributed by atoms with Crippen molar-refractivity contribution in [3.8, 4) is 0 Å². The van der Waals surface area contributed by atoms with Gasteiger partial charge in [-0.1, -0.05) is 0 Å². The summed E-state index contributed by atoms with van der Waals surface area (Å²) < 4.78 is 11.9. The average molecular weight is 176 g/mol. The Morgan fingerprint density at radius 2 is 1.70 bits per heavy atom. The molecule has 2 unspecified atom stereocenters. The Kier molecular flexibility index (Phi) is 1.27. The van der Waals surface area contributed by atoms with E-state index in [-0.39, 0.29) is 6.29 Å². The molecule has 10 heavy (non-hydrogen) atoms. The molecule has 4 heteroatoms. The van der Waals surface area contributed by atoms with Crippen LogP contribution in [0.25, 0.3) is 0 Å². The first-order valence-corrected chi connectivity index (χ1v) is 5.40. The zero-order chi connectivity index (χ0) is 6.55. The summed E-state index contributed by atoms with van der Waals surface area (Å²) in [6.07, 6.45) is 2.31. The molecule has 0 aromatic carbocycles. The lowest BCUT2D eigenvalue weighted by Gasteiger charge is -2.47. The summed E-state index contributed by atoms with van der Waals surface area (Å²) in [5.41, 5.74) is 0.896. The van der Waals surface area contributed by atoms with Crippen molar-refractivity contribution >= 4 is 23.5 Å². The highest BCUT2D eigenvalue weighted by Crippen LogP contribution is 2.52. The van der Waals surface area contributed by atoms with E-state index in [2.05, 4.69) is 0 Å². The molecule has 4 rings (SSSR count). The predicted molar refractivity (Wildman–Crippen MR) is 41.7 cm³/mol. The van der Waals surface area contributed by atoms with Gasteiger partial charge in [0, 0.05) is 12.8 Å². The van der Waals surface area contributed by atoms with E-state index >= 15 is 0 Å². The molecule has 4 saturated heterocycles. The molecule has 2 atom stereocenters. The Balaban J connectivity index is 1.90. The molecule has 0 aromatic heterocycles. The highest BCUT2D eigenvalue weighted by molar-refractivity contribution is 8.18. The molecule has 4 aliphatic heterocycles. The zero-order valence-corrected chi connectivity index (χ0v) is 6.99. The van der Waals surface area contributed by atoms with E-state index in [0.29, 0.717) is 10.9 Å². The van der Waals surface area contributed by atoms with Crippen LogP contribution in [-0.2, 0) is 9.47 Å². The van der Waals surface area contributed by atoms with Crippen LogP contribution in [-0.4, -0.2) is 21.7 Å². The monoisotopic (exact) mass is 176 g/mol. The minimum Gasteiger partial charge on any atom is -0.339 e. The molecule has 0 spiro atoms. The van der Waals surface area contributed by atoms with E-state index in [1.165, 1.54) is 0 Å². The minimum atomic E-state index is 0.135. The molecule has 4 bridgehead atoms. The summed E-state index contributed by atoms with van der Waals surface area (Å²) in [5.74, 6) is 0. The number of hydrogen-bond donors (Lipinski definition) is 0. The fourth-order valence-corrected chi connectivity index (χ4v) is 4.85. The van der Waals surface area contributed by atoms with Crippen molar-refractivity contribution in [2.45, 2.75) is 34.6 Å². The van der Waals surface area contributed by atoms with E-state index in [4.69, 9.17) is 9.47 Å². The van der Waals surface area contributed by atoms with Crippen LogP contribution >= 0.6 is 23.5 Å². The van der Waals surface area contributed by atoms with Crippen LogP contribution in [0.3, 0.4) is 0 Å². The molecule has 4 aliphatic rings. The maximum absolute atomic E-state index is 5.55. The second-order valence-corrected chi connectivity index (χ2v) is 5.77. The molecule has 0 radical (unpaired) electrons. The van der Waals surface area contributed by atoms with Gasteiger partial charge in [-0.05, 0) is 0 Å². The van der Waals surface area contributed by atoms with Crippen LogP contribution in [0.5, 0.6) is 0 Å². The summed E-state index contributed by atoms with van der Waals surface area (Å²) in [6, 6.07) is 0. The van der Waals surface area contributed by atoms with Crippen molar-refractivity contribution in [3.05, 3.63) is 0 Å². The van der Waals surface area contributed by atoms with Gasteiger partial charge in [0.25, 0.3) is 0 Å². The third-order valence-corrected chi connectivity index (χ3v) is 4.86. The van der Waals surface area contributed by atoms with Gasteiger partial charge in [0.05, 0.1) is 4.58 Å². The lowest BCUT2D eigenvalue weighted by Crippen LogP contribution is -2.46. The number of thioether (sulfide) groups is 2. The smallest absolute Gasteiger partial charge is 0.162 e. The first-order valence-electron chi connectivity index (χ1n) is 3.52. The van der Waals surface area contributed by atoms with Crippen molar-refractivity contribution in [1.29, 1.82) is 0 Å². The summed E-state index contributed by atoms with van der Waals surface area (Å²) in [4.78, 5) is 0. The maximum Gasteiger partial charge on any atom is 0.162 e. The Morgan fingerprint density at radius 3 is 2.20 bits per heavy atom. The van der Waals surface area contributed by atoms with E-state index < -0.39 is 0 Å². The van der Waals surface area contributed by atoms with Gasteiger partial charge in [0.15, 0.2) is 6.29 Å². The fraction of sp³-hybridized carbons (Fsp3) is 1.00. The van der Waals surface area contributed by atoms with Crippen molar-refractivity contribution in [2.75, 3.05) is 0 Å². The molecular weight excluding hydrogens is 168 g/mol. The van der Waals surface area contributed by atoms with Crippen molar-refractivity contribution < 1.29 is 9.47 Å². The Morgan fingerprint density at radius 1 is 1.00 bits per heavy atom. The summed E-state index contributed by atoms with van der Waals surface area (Å²) in [5, 5.41) is 0. The van der Waals surface area contributed by atoms with Crippen LogP contribution in [0.1, 0.15) is 12.8 Å². The molecule has 0 aliphatic carbocycles. The normalized spacial score (nSPS) is 57.6. The number of rotatable bonds is 0. The molecule has 56 valence electrons. The fourth-order valence-electron chi connectivity index (χ4n) is 1.56. The van der Waals surface area contributed by atoms with Gasteiger partial charge in [-0.2, -0.15) is 0 Å². The minimum absolute atomic E-state index is 0.135. The SMILES string of the molecule is C1C2OC3CC(S2)SC1O3. The van der Waals surface area contributed by atoms with E-state index in [1.54, 1.807) is 0 Å². The Hall–Kier alpha value is 0.620. The first-order chi connectivity index (χ1) is 4.90. The lowest BCUT2D eigenvalue weighted by molar-refractivity contribution is -0.210. The molecule has 0 N–H and O–H groups in total.